The first-order valence-electron chi connectivity index (χ1n) is 21.1. The first-order valence-corrected chi connectivity index (χ1v) is 21.9. The summed E-state index contributed by atoms with van der Waals surface area (Å²) in [6, 6.07) is 83.7. The van der Waals surface area contributed by atoms with Gasteiger partial charge in [-0.05, 0) is 107 Å². The van der Waals surface area contributed by atoms with E-state index in [9.17, 15) is 0 Å². The van der Waals surface area contributed by atoms with Gasteiger partial charge in [-0.15, -0.1) is 0 Å². The van der Waals surface area contributed by atoms with Crippen LogP contribution in [0, 0.1) is 0 Å². The first-order chi connectivity index (χ1) is 30.3. The summed E-state index contributed by atoms with van der Waals surface area (Å²) >= 11 is 1.96. The Balaban J connectivity index is 1.13. The van der Waals surface area contributed by atoms with E-state index in [1.165, 1.54) is 114 Å². The van der Waals surface area contributed by atoms with Crippen LogP contribution in [0.5, 0.6) is 0 Å². The molecular weight excluding hydrogens is 755 g/mol. The molecule has 0 amide bonds. The van der Waals surface area contributed by atoms with Crippen molar-refractivity contribution in [2.24, 2.45) is 0 Å². The standard InChI is InChI=1S/C59H37NS/c1-3-17-40(18-4-1)59(41-34-31-38(32-35-41)39-33-36-54-52(37-39)47-25-15-16-30-53(47)60(54)42-19-5-2-6-20-42)55-48-26-11-7-21-43(48)45-23-9-13-28-50(45)57(55)61-58-51-29-14-10-24-46(51)44-22-8-12-27-49(44)56(58)59/h1-37H. The number of aromatic nitrogens is 1. The van der Waals surface area contributed by atoms with Crippen molar-refractivity contribution >= 4 is 76.7 Å². The Labute approximate surface area is 358 Å². The third kappa shape index (κ3) is 4.85. The summed E-state index contributed by atoms with van der Waals surface area (Å²) in [6.45, 7) is 0. The molecule has 61 heavy (non-hydrogen) atoms. The fourth-order valence-electron chi connectivity index (χ4n) is 10.8. The van der Waals surface area contributed by atoms with Crippen molar-refractivity contribution in [3.8, 4) is 16.8 Å². The molecule has 2 heterocycles. The Kier molecular flexibility index (Phi) is 7.52. The molecule has 0 fully saturated rings. The van der Waals surface area contributed by atoms with Gasteiger partial charge in [0.15, 0.2) is 0 Å². The van der Waals surface area contributed by atoms with E-state index in [2.05, 4.69) is 229 Å². The summed E-state index contributed by atoms with van der Waals surface area (Å²) in [5.74, 6) is 0. The van der Waals surface area contributed by atoms with Crippen LogP contribution in [0.3, 0.4) is 0 Å². The Morgan fingerprint density at radius 1 is 0.295 bits per heavy atom. The van der Waals surface area contributed by atoms with Crippen molar-refractivity contribution in [2.75, 3.05) is 0 Å². The molecule has 0 aliphatic carbocycles. The molecule has 0 saturated heterocycles. The lowest BCUT2D eigenvalue weighted by atomic mass is 9.62. The third-order valence-corrected chi connectivity index (χ3v) is 14.5. The van der Waals surface area contributed by atoms with E-state index in [0.29, 0.717) is 0 Å². The second-order valence-electron chi connectivity index (χ2n) is 16.3. The maximum atomic E-state index is 2.43. The second-order valence-corrected chi connectivity index (χ2v) is 17.3. The molecule has 1 aliphatic rings. The van der Waals surface area contributed by atoms with E-state index >= 15 is 0 Å². The van der Waals surface area contributed by atoms with Crippen LogP contribution in [0.2, 0.25) is 0 Å². The van der Waals surface area contributed by atoms with E-state index in [0.717, 1.165) is 0 Å². The monoisotopic (exact) mass is 791 g/mol. The largest absolute Gasteiger partial charge is 0.309 e. The van der Waals surface area contributed by atoms with E-state index in [1.807, 2.05) is 11.8 Å². The van der Waals surface area contributed by atoms with Gasteiger partial charge in [0.05, 0.1) is 16.4 Å². The number of hydrogen-bond donors (Lipinski definition) is 0. The number of nitrogens with zero attached hydrogens (tertiary/aromatic N) is 1. The highest BCUT2D eigenvalue weighted by molar-refractivity contribution is 8.00. The minimum Gasteiger partial charge on any atom is -0.309 e. The molecule has 284 valence electrons. The van der Waals surface area contributed by atoms with Crippen molar-refractivity contribution in [1.29, 1.82) is 0 Å². The zero-order valence-corrected chi connectivity index (χ0v) is 34.0. The van der Waals surface area contributed by atoms with Crippen LogP contribution in [-0.4, -0.2) is 4.57 Å². The molecular formula is C59H37NS. The fourth-order valence-corrected chi connectivity index (χ4v) is 12.3. The Morgan fingerprint density at radius 2 is 0.705 bits per heavy atom. The van der Waals surface area contributed by atoms with Gasteiger partial charge in [0, 0.05) is 26.3 Å². The molecule has 0 N–H and O–H groups in total. The number of hydrogen-bond acceptors (Lipinski definition) is 1. The van der Waals surface area contributed by atoms with Crippen molar-refractivity contribution in [3.05, 3.63) is 247 Å². The van der Waals surface area contributed by atoms with Crippen LogP contribution in [-0.2, 0) is 5.41 Å². The summed E-state index contributed by atoms with van der Waals surface area (Å²) in [6.07, 6.45) is 0. The molecule has 11 aromatic carbocycles. The zero-order valence-electron chi connectivity index (χ0n) is 33.2. The molecule has 12 aromatic rings. The minimum atomic E-state index is -0.657. The molecule has 0 atom stereocenters. The Bertz CT molecular complexity index is 3590. The quantitative estimate of drug-likeness (QED) is 0.161. The molecule has 2 heteroatoms. The van der Waals surface area contributed by atoms with Crippen molar-refractivity contribution in [1.82, 2.24) is 4.57 Å². The first kappa shape index (κ1) is 34.5. The summed E-state index contributed by atoms with van der Waals surface area (Å²) < 4.78 is 2.39. The molecule has 0 unspecified atom stereocenters. The highest BCUT2D eigenvalue weighted by atomic mass is 32.2. The van der Waals surface area contributed by atoms with Crippen LogP contribution < -0.4 is 0 Å². The number of benzene rings is 11. The molecule has 0 saturated carbocycles. The van der Waals surface area contributed by atoms with E-state index in [4.69, 9.17) is 0 Å². The maximum Gasteiger partial charge on any atom is 0.0736 e. The van der Waals surface area contributed by atoms with Crippen molar-refractivity contribution in [3.63, 3.8) is 0 Å². The summed E-state index contributed by atoms with van der Waals surface area (Å²) in [4.78, 5) is 2.66. The molecule has 1 nitrogen and oxygen atoms in total. The summed E-state index contributed by atoms with van der Waals surface area (Å²) in [7, 11) is 0. The van der Waals surface area contributed by atoms with E-state index < -0.39 is 5.41 Å². The van der Waals surface area contributed by atoms with Gasteiger partial charge in [0.2, 0.25) is 0 Å². The van der Waals surface area contributed by atoms with Gasteiger partial charge < -0.3 is 4.57 Å². The van der Waals surface area contributed by atoms with Gasteiger partial charge in [0.1, 0.15) is 0 Å². The average molecular weight is 792 g/mol. The van der Waals surface area contributed by atoms with Crippen LogP contribution in [0.15, 0.2) is 234 Å². The molecule has 0 radical (unpaired) electrons. The van der Waals surface area contributed by atoms with Gasteiger partial charge in [-0.2, -0.15) is 0 Å². The minimum absolute atomic E-state index is 0.657. The Hall–Kier alpha value is -7.39. The highest BCUT2D eigenvalue weighted by Crippen LogP contribution is 2.62. The van der Waals surface area contributed by atoms with Crippen LogP contribution >= 0.6 is 11.8 Å². The zero-order chi connectivity index (χ0) is 40.1. The van der Waals surface area contributed by atoms with Gasteiger partial charge in [-0.25, -0.2) is 0 Å². The number of fused-ring (bicyclic) bond motifs is 15. The number of para-hydroxylation sites is 2. The van der Waals surface area contributed by atoms with Gasteiger partial charge in [-0.1, -0.05) is 206 Å². The van der Waals surface area contributed by atoms with Crippen LogP contribution in [0.25, 0.3) is 81.7 Å². The van der Waals surface area contributed by atoms with Gasteiger partial charge in [-0.3, -0.25) is 0 Å². The van der Waals surface area contributed by atoms with Crippen molar-refractivity contribution in [2.45, 2.75) is 15.2 Å². The summed E-state index contributed by atoms with van der Waals surface area (Å²) in [5.41, 5.74) is 10.6. The van der Waals surface area contributed by atoms with Crippen molar-refractivity contribution < 1.29 is 0 Å². The maximum absolute atomic E-state index is 2.43. The van der Waals surface area contributed by atoms with E-state index in [-0.39, 0.29) is 0 Å². The topological polar surface area (TPSA) is 4.93 Å². The SMILES string of the molecule is c1ccc(-n2c3ccccc3c3cc(-c4ccc(C5(c6ccccc6)c6c(c7ccccc7c7ccccc67)Sc6c5c5ccccc5c5ccccc65)cc4)ccc32)cc1. The summed E-state index contributed by atoms with van der Waals surface area (Å²) in [5, 5.41) is 12.8. The highest BCUT2D eigenvalue weighted by Gasteiger charge is 2.48. The number of rotatable bonds is 4. The smallest absolute Gasteiger partial charge is 0.0736 e. The lowest BCUT2D eigenvalue weighted by Crippen LogP contribution is -2.35. The normalized spacial score (nSPS) is 13.3. The fraction of sp³-hybridized carbons (Fsp3) is 0.0169. The second kappa shape index (κ2) is 13.3. The predicted molar refractivity (Wildman–Crippen MR) is 259 cm³/mol. The predicted octanol–water partition coefficient (Wildman–Crippen LogP) is 15.9. The molecule has 1 aliphatic heterocycles. The Morgan fingerprint density at radius 3 is 1.28 bits per heavy atom. The molecule has 13 rings (SSSR count). The van der Waals surface area contributed by atoms with E-state index in [1.54, 1.807) is 0 Å². The van der Waals surface area contributed by atoms with Gasteiger partial charge >= 0.3 is 0 Å². The molecule has 0 spiro atoms. The molecule has 1 aromatic heterocycles. The lowest BCUT2D eigenvalue weighted by molar-refractivity contribution is 0.724. The van der Waals surface area contributed by atoms with Crippen LogP contribution in [0.1, 0.15) is 22.3 Å². The average Bonchev–Trinajstić information content (AvgIpc) is 3.68. The van der Waals surface area contributed by atoms with Crippen LogP contribution in [0.4, 0.5) is 0 Å². The third-order valence-electron chi connectivity index (χ3n) is 13.3. The molecule has 0 bridgehead atoms. The lowest BCUT2D eigenvalue weighted by Gasteiger charge is -2.44. The van der Waals surface area contributed by atoms with Gasteiger partial charge in [0.25, 0.3) is 0 Å².